The maximum atomic E-state index is 12.6. The average Bonchev–Trinajstić information content (AvgIpc) is 3.09. The predicted octanol–water partition coefficient (Wildman–Crippen LogP) is 3.72. The number of pyridine rings is 1. The maximum Gasteiger partial charge on any atom is 0.456 e. The summed E-state index contributed by atoms with van der Waals surface area (Å²) in [5.74, 6) is -1.21. The second-order valence-corrected chi connectivity index (χ2v) is 5.44. The van der Waals surface area contributed by atoms with Gasteiger partial charge in [-0.2, -0.15) is 13.2 Å². The van der Waals surface area contributed by atoms with Gasteiger partial charge in [0, 0.05) is 16.6 Å². The van der Waals surface area contributed by atoms with Crippen molar-refractivity contribution in [3.8, 4) is 0 Å². The molecule has 3 nitrogen and oxygen atoms in total. The molecule has 0 spiro atoms. The summed E-state index contributed by atoms with van der Waals surface area (Å²) in [5, 5.41) is 0. The Morgan fingerprint density at radius 3 is 2.63 bits per heavy atom. The number of Topliss-reactive ketones (excluding diaryl/α,β-unsaturated/α-hetero) is 1. The molecular formula is C12H8BrF3N2O. The molecule has 100 valence electrons. The molecule has 1 aliphatic carbocycles. The molecule has 0 N–H and O–H groups in total. The van der Waals surface area contributed by atoms with E-state index in [2.05, 4.69) is 20.9 Å². The second-order valence-electron chi connectivity index (χ2n) is 4.52. The molecule has 1 aliphatic rings. The zero-order chi connectivity index (χ0) is 13.8. The van der Waals surface area contributed by atoms with Crippen LogP contribution in [0.15, 0.2) is 22.8 Å². The van der Waals surface area contributed by atoms with Gasteiger partial charge in [-0.3, -0.25) is 4.79 Å². The van der Waals surface area contributed by atoms with Crippen LogP contribution in [0.3, 0.4) is 0 Å². The van der Waals surface area contributed by atoms with Crippen LogP contribution in [0, 0.1) is 0 Å². The van der Waals surface area contributed by atoms with E-state index in [4.69, 9.17) is 0 Å². The van der Waals surface area contributed by atoms with E-state index in [1.54, 1.807) is 16.7 Å². The lowest BCUT2D eigenvalue weighted by Crippen LogP contribution is -2.23. The van der Waals surface area contributed by atoms with Gasteiger partial charge in [0.2, 0.25) is 0 Å². The van der Waals surface area contributed by atoms with Crippen LogP contribution in [0.25, 0.3) is 5.52 Å². The van der Waals surface area contributed by atoms with Crippen molar-refractivity contribution < 1.29 is 18.0 Å². The first-order valence-electron chi connectivity index (χ1n) is 5.67. The number of halogens is 4. The number of fused-ring (bicyclic) bond motifs is 1. The molecule has 7 heteroatoms. The molecule has 1 fully saturated rings. The van der Waals surface area contributed by atoms with Crippen LogP contribution in [-0.2, 0) is 0 Å². The third-order valence-electron chi connectivity index (χ3n) is 3.04. The van der Waals surface area contributed by atoms with Gasteiger partial charge >= 0.3 is 6.18 Å². The molecule has 0 amide bonds. The van der Waals surface area contributed by atoms with E-state index >= 15 is 0 Å². The number of hydrogen-bond donors (Lipinski definition) is 0. The third-order valence-corrected chi connectivity index (χ3v) is 3.51. The first kappa shape index (κ1) is 12.7. The Hall–Kier alpha value is -1.37. The zero-order valence-electron chi connectivity index (χ0n) is 9.54. The van der Waals surface area contributed by atoms with Crippen LogP contribution >= 0.6 is 15.9 Å². The summed E-state index contributed by atoms with van der Waals surface area (Å²) in [4.78, 5) is 15.3. The van der Waals surface area contributed by atoms with Gasteiger partial charge in [0.1, 0.15) is 11.5 Å². The summed E-state index contributed by atoms with van der Waals surface area (Å²) < 4.78 is 40.0. The molecule has 19 heavy (non-hydrogen) atoms. The Kier molecular flexibility index (Phi) is 2.70. The zero-order valence-corrected chi connectivity index (χ0v) is 11.1. The van der Waals surface area contributed by atoms with E-state index in [1.807, 2.05) is 0 Å². The standard InChI is InChI=1S/C12H8BrF3N2O/c13-7-3-4-8-9(10(19)12(14,15)16)17-11(6-1-2-6)18(8)5-7/h3-6H,1-2H2. The minimum absolute atomic E-state index is 0.150. The fourth-order valence-corrected chi connectivity index (χ4v) is 2.35. The van der Waals surface area contributed by atoms with E-state index in [0.29, 0.717) is 5.82 Å². The summed E-state index contributed by atoms with van der Waals surface area (Å²) in [5.41, 5.74) is -0.311. The SMILES string of the molecule is O=C(c1nc(C2CC2)n2cc(Br)ccc12)C(F)(F)F. The molecule has 0 saturated heterocycles. The molecule has 0 bridgehead atoms. The molecule has 3 rings (SSSR count). The summed E-state index contributed by atoms with van der Waals surface area (Å²) in [7, 11) is 0. The molecule has 0 radical (unpaired) electrons. The van der Waals surface area contributed by atoms with Crippen LogP contribution in [0.4, 0.5) is 13.2 Å². The number of imidazole rings is 1. The van der Waals surface area contributed by atoms with Crippen molar-refractivity contribution in [1.82, 2.24) is 9.38 Å². The Balaban J connectivity index is 2.23. The molecular weight excluding hydrogens is 325 g/mol. The number of alkyl halides is 3. The van der Waals surface area contributed by atoms with Crippen molar-refractivity contribution >= 4 is 27.2 Å². The molecule has 1 saturated carbocycles. The molecule has 0 aromatic carbocycles. The van der Waals surface area contributed by atoms with Crippen molar-refractivity contribution in [2.45, 2.75) is 24.9 Å². The first-order valence-corrected chi connectivity index (χ1v) is 6.46. The number of ketones is 1. The van der Waals surface area contributed by atoms with Crippen molar-refractivity contribution in [3.63, 3.8) is 0 Å². The Morgan fingerprint density at radius 2 is 2.05 bits per heavy atom. The van der Waals surface area contributed by atoms with Crippen LogP contribution in [-0.4, -0.2) is 21.3 Å². The van der Waals surface area contributed by atoms with Crippen LogP contribution in [0.5, 0.6) is 0 Å². The lowest BCUT2D eigenvalue weighted by atomic mass is 10.2. The van der Waals surface area contributed by atoms with E-state index in [1.165, 1.54) is 6.07 Å². The van der Waals surface area contributed by atoms with E-state index < -0.39 is 17.7 Å². The van der Waals surface area contributed by atoms with Gasteiger partial charge in [-0.1, -0.05) is 0 Å². The highest BCUT2D eigenvalue weighted by Gasteiger charge is 2.43. The summed E-state index contributed by atoms with van der Waals surface area (Å²) in [6.07, 6.45) is -1.47. The quantitative estimate of drug-likeness (QED) is 0.785. The summed E-state index contributed by atoms with van der Waals surface area (Å²) in [6, 6.07) is 3.07. The number of hydrogen-bond acceptors (Lipinski definition) is 2. The Labute approximate surface area is 114 Å². The lowest BCUT2D eigenvalue weighted by molar-refractivity contribution is -0.0887. The predicted molar refractivity (Wildman–Crippen MR) is 65.3 cm³/mol. The van der Waals surface area contributed by atoms with Gasteiger partial charge in [0.25, 0.3) is 5.78 Å². The number of carbonyl (C=O) groups excluding carboxylic acids is 1. The largest absolute Gasteiger partial charge is 0.456 e. The van der Waals surface area contributed by atoms with E-state index in [9.17, 15) is 18.0 Å². The van der Waals surface area contributed by atoms with Crippen LogP contribution < -0.4 is 0 Å². The Morgan fingerprint density at radius 1 is 1.37 bits per heavy atom. The molecule has 2 aromatic rings. The lowest BCUT2D eigenvalue weighted by Gasteiger charge is -2.02. The van der Waals surface area contributed by atoms with Gasteiger partial charge < -0.3 is 4.40 Å². The highest BCUT2D eigenvalue weighted by atomic mass is 79.9. The minimum Gasteiger partial charge on any atom is -0.302 e. The number of rotatable bonds is 2. The Bertz CT molecular complexity index is 673. The van der Waals surface area contributed by atoms with Gasteiger partial charge in [-0.25, -0.2) is 4.98 Å². The molecule has 2 heterocycles. The molecule has 0 aliphatic heterocycles. The highest BCUT2D eigenvalue weighted by Crippen LogP contribution is 2.40. The number of aromatic nitrogens is 2. The normalized spacial score (nSPS) is 16.0. The van der Waals surface area contributed by atoms with Gasteiger partial charge in [0.15, 0.2) is 0 Å². The summed E-state index contributed by atoms with van der Waals surface area (Å²) >= 11 is 3.27. The molecule has 0 atom stereocenters. The van der Waals surface area contributed by atoms with Gasteiger partial charge in [-0.15, -0.1) is 0 Å². The van der Waals surface area contributed by atoms with Gasteiger partial charge in [-0.05, 0) is 40.9 Å². The minimum atomic E-state index is -4.90. The van der Waals surface area contributed by atoms with Crippen molar-refractivity contribution in [3.05, 3.63) is 34.3 Å². The maximum absolute atomic E-state index is 12.6. The van der Waals surface area contributed by atoms with E-state index in [-0.39, 0.29) is 11.4 Å². The smallest absolute Gasteiger partial charge is 0.302 e. The van der Waals surface area contributed by atoms with Crippen molar-refractivity contribution in [2.75, 3.05) is 0 Å². The summed E-state index contributed by atoms with van der Waals surface area (Å²) in [6.45, 7) is 0. The topological polar surface area (TPSA) is 34.4 Å². The van der Waals surface area contributed by atoms with Crippen LogP contribution in [0.1, 0.15) is 35.1 Å². The third kappa shape index (κ3) is 2.16. The van der Waals surface area contributed by atoms with Crippen molar-refractivity contribution in [2.24, 2.45) is 0 Å². The van der Waals surface area contributed by atoms with Crippen molar-refractivity contribution in [1.29, 1.82) is 0 Å². The molecule has 2 aromatic heterocycles. The fourth-order valence-electron chi connectivity index (χ4n) is 2.01. The first-order chi connectivity index (χ1) is 8.88. The highest BCUT2D eigenvalue weighted by molar-refractivity contribution is 9.10. The van der Waals surface area contributed by atoms with Gasteiger partial charge in [0.05, 0.1) is 5.52 Å². The molecule has 0 unspecified atom stereocenters. The number of carbonyl (C=O) groups is 1. The second kappa shape index (κ2) is 4.06. The van der Waals surface area contributed by atoms with Crippen LogP contribution in [0.2, 0.25) is 0 Å². The average molecular weight is 333 g/mol. The number of nitrogens with zero attached hydrogens (tertiary/aromatic N) is 2. The monoisotopic (exact) mass is 332 g/mol. The fraction of sp³-hybridized carbons (Fsp3) is 0.333. The van der Waals surface area contributed by atoms with E-state index in [0.717, 1.165) is 17.3 Å².